The highest BCUT2D eigenvalue weighted by atomic mass is 35.5. The summed E-state index contributed by atoms with van der Waals surface area (Å²) < 4.78 is 14.5. The van der Waals surface area contributed by atoms with Gasteiger partial charge in [-0.1, -0.05) is 11.6 Å². The van der Waals surface area contributed by atoms with Crippen LogP contribution in [0.3, 0.4) is 0 Å². The second-order valence-electron chi connectivity index (χ2n) is 8.82. The number of fused-ring (bicyclic) bond motifs is 1. The number of piperidine rings is 1. The van der Waals surface area contributed by atoms with Crippen molar-refractivity contribution >= 4 is 39.8 Å². The number of anilines is 3. The normalized spacial score (nSPS) is 13.8. The molecule has 0 spiro atoms. The predicted octanol–water partition coefficient (Wildman–Crippen LogP) is 6.61. The summed E-state index contributed by atoms with van der Waals surface area (Å²) in [4.78, 5) is 16.3. The highest BCUT2D eigenvalue weighted by Crippen LogP contribution is 2.33. The molecule has 0 aliphatic carbocycles. The average molecular weight is 500 g/mol. The first-order valence-corrected chi connectivity index (χ1v) is 12.3. The van der Waals surface area contributed by atoms with Crippen LogP contribution in [0.5, 0.6) is 0 Å². The Bertz CT molecular complexity index is 1530. The smallest absolute Gasteiger partial charge is 0.132 e. The van der Waals surface area contributed by atoms with Crippen LogP contribution in [0.4, 0.5) is 21.6 Å². The quantitative estimate of drug-likeness (QED) is 0.283. The van der Waals surface area contributed by atoms with Gasteiger partial charge in [0.25, 0.3) is 0 Å². The number of hydrogen-bond acceptors (Lipinski definition) is 6. The fourth-order valence-corrected chi connectivity index (χ4v) is 4.72. The number of benzene rings is 1. The third-order valence-electron chi connectivity index (χ3n) is 6.39. The van der Waals surface area contributed by atoms with Gasteiger partial charge in [-0.05, 0) is 67.8 Å². The molecule has 0 atom stereocenters. The van der Waals surface area contributed by atoms with Gasteiger partial charge in [0.15, 0.2) is 0 Å². The van der Waals surface area contributed by atoms with Crippen molar-refractivity contribution < 1.29 is 4.39 Å². The molecule has 7 nitrogen and oxygen atoms in total. The first kappa shape index (κ1) is 22.4. The summed E-state index contributed by atoms with van der Waals surface area (Å²) in [7, 11) is 0. The number of nitrogens with zero attached hydrogens (tertiary/aromatic N) is 5. The summed E-state index contributed by atoms with van der Waals surface area (Å²) in [6.45, 7) is 2.17. The van der Waals surface area contributed by atoms with Crippen LogP contribution in [0, 0.1) is 5.82 Å². The van der Waals surface area contributed by atoms with Crippen LogP contribution in [0.25, 0.3) is 33.5 Å². The summed E-state index contributed by atoms with van der Waals surface area (Å²) in [5.74, 6) is 0.347. The van der Waals surface area contributed by atoms with Crippen molar-refractivity contribution in [3.63, 3.8) is 0 Å². The topological polar surface area (TPSA) is 82.6 Å². The van der Waals surface area contributed by atoms with Crippen molar-refractivity contribution in [3.05, 3.63) is 78.0 Å². The van der Waals surface area contributed by atoms with Crippen molar-refractivity contribution in [2.75, 3.05) is 23.3 Å². The van der Waals surface area contributed by atoms with Gasteiger partial charge in [0, 0.05) is 29.2 Å². The summed E-state index contributed by atoms with van der Waals surface area (Å²) >= 11 is 6.10. The van der Waals surface area contributed by atoms with E-state index in [1.54, 1.807) is 18.5 Å². The van der Waals surface area contributed by atoms with Crippen molar-refractivity contribution in [2.24, 2.45) is 0 Å². The number of aromatic nitrogens is 5. The van der Waals surface area contributed by atoms with Crippen LogP contribution in [0.15, 0.2) is 67.1 Å². The monoisotopic (exact) mass is 499 g/mol. The SMILES string of the molecule is Fc1ccc(Cl)cc1-c1[nH]ncc1-c1ccc2ncc(Nc3ccc(N4CCCCC4)cn3)cc2n1. The lowest BCUT2D eigenvalue weighted by Crippen LogP contribution is -2.29. The van der Waals surface area contributed by atoms with Crippen LogP contribution in [-0.4, -0.2) is 38.2 Å². The van der Waals surface area contributed by atoms with Crippen LogP contribution < -0.4 is 10.2 Å². The Hall–Kier alpha value is -4.04. The van der Waals surface area contributed by atoms with Crippen molar-refractivity contribution in [2.45, 2.75) is 19.3 Å². The molecule has 5 aromatic rings. The lowest BCUT2D eigenvalue weighted by Gasteiger charge is -2.28. The summed E-state index contributed by atoms with van der Waals surface area (Å²) in [5, 5.41) is 10.8. The second kappa shape index (κ2) is 9.54. The molecule has 180 valence electrons. The average Bonchev–Trinajstić information content (AvgIpc) is 3.40. The Labute approximate surface area is 212 Å². The van der Waals surface area contributed by atoms with E-state index in [0.717, 1.165) is 35.8 Å². The van der Waals surface area contributed by atoms with E-state index in [9.17, 15) is 4.39 Å². The van der Waals surface area contributed by atoms with Crippen molar-refractivity contribution in [1.29, 1.82) is 0 Å². The number of hydrogen-bond donors (Lipinski definition) is 2. The molecule has 4 aromatic heterocycles. The maximum Gasteiger partial charge on any atom is 0.132 e. The van der Waals surface area contributed by atoms with E-state index in [2.05, 4.69) is 36.4 Å². The Morgan fingerprint density at radius 3 is 2.58 bits per heavy atom. The zero-order valence-electron chi connectivity index (χ0n) is 19.4. The molecule has 0 unspecified atom stereocenters. The van der Waals surface area contributed by atoms with Gasteiger partial charge in [-0.25, -0.2) is 14.4 Å². The number of nitrogens with one attached hydrogen (secondary N) is 2. The largest absolute Gasteiger partial charge is 0.370 e. The first-order chi connectivity index (χ1) is 17.6. The summed E-state index contributed by atoms with van der Waals surface area (Å²) in [6, 6.07) is 14.2. The molecule has 0 saturated carbocycles. The molecule has 9 heteroatoms. The Balaban J connectivity index is 1.28. The van der Waals surface area contributed by atoms with Crippen LogP contribution in [0.1, 0.15) is 19.3 Å². The molecule has 0 radical (unpaired) electrons. The highest BCUT2D eigenvalue weighted by Gasteiger charge is 2.16. The Kier molecular flexibility index (Phi) is 5.95. The van der Waals surface area contributed by atoms with Gasteiger partial charge in [-0.2, -0.15) is 5.10 Å². The van der Waals surface area contributed by atoms with E-state index in [1.165, 1.54) is 31.4 Å². The minimum atomic E-state index is -0.391. The van der Waals surface area contributed by atoms with Gasteiger partial charge < -0.3 is 10.2 Å². The molecule has 2 N–H and O–H groups in total. The Morgan fingerprint density at radius 1 is 0.861 bits per heavy atom. The minimum Gasteiger partial charge on any atom is -0.370 e. The van der Waals surface area contributed by atoms with E-state index in [1.807, 2.05) is 30.5 Å². The lowest BCUT2D eigenvalue weighted by molar-refractivity contribution is 0.577. The number of halogens is 2. The number of rotatable bonds is 5. The van der Waals surface area contributed by atoms with Gasteiger partial charge >= 0.3 is 0 Å². The van der Waals surface area contributed by atoms with E-state index >= 15 is 0 Å². The summed E-state index contributed by atoms with van der Waals surface area (Å²) in [6.07, 6.45) is 9.06. The fraction of sp³-hybridized carbons (Fsp3) is 0.185. The minimum absolute atomic E-state index is 0.338. The standard InChI is InChI=1S/C27H23ClFN7/c28-17-4-6-22(29)20(12-17)27-21(16-32-35-27)23-7-8-24-25(34-23)13-18(14-30-24)33-26-9-5-19(15-31-26)36-10-2-1-3-11-36/h4-9,12-16H,1-3,10-11H2,(H,31,33)(H,32,35). The Morgan fingerprint density at radius 2 is 1.75 bits per heavy atom. The highest BCUT2D eigenvalue weighted by molar-refractivity contribution is 6.30. The lowest BCUT2D eigenvalue weighted by atomic mass is 10.0. The van der Waals surface area contributed by atoms with E-state index in [4.69, 9.17) is 16.6 Å². The molecule has 5 heterocycles. The van der Waals surface area contributed by atoms with Crippen LogP contribution in [0.2, 0.25) is 5.02 Å². The predicted molar refractivity (Wildman–Crippen MR) is 141 cm³/mol. The third kappa shape index (κ3) is 4.47. The maximum absolute atomic E-state index is 14.5. The van der Waals surface area contributed by atoms with Crippen molar-refractivity contribution in [1.82, 2.24) is 25.1 Å². The summed E-state index contributed by atoms with van der Waals surface area (Å²) in [5.41, 5.74) is 5.54. The zero-order valence-corrected chi connectivity index (χ0v) is 20.1. The molecular formula is C27H23ClFN7. The first-order valence-electron chi connectivity index (χ1n) is 11.9. The van der Waals surface area contributed by atoms with E-state index in [-0.39, 0.29) is 0 Å². The zero-order chi connectivity index (χ0) is 24.5. The molecule has 0 amide bonds. The van der Waals surface area contributed by atoms with E-state index in [0.29, 0.717) is 33.1 Å². The number of aromatic amines is 1. The van der Waals surface area contributed by atoms with Gasteiger partial charge in [-0.3, -0.25) is 10.1 Å². The number of pyridine rings is 3. The molecule has 1 fully saturated rings. The molecule has 0 bridgehead atoms. The molecule has 1 aliphatic heterocycles. The van der Waals surface area contributed by atoms with Gasteiger partial charge in [0.1, 0.15) is 11.6 Å². The van der Waals surface area contributed by atoms with Gasteiger partial charge in [0.05, 0.1) is 52.4 Å². The fourth-order valence-electron chi connectivity index (χ4n) is 4.55. The molecule has 1 saturated heterocycles. The third-order valence-corrected chi connectivity index (χ3v) is 6.63. The number of H-pyrrole nitrogens is 1. The molecule has 6 rings (SSSR count). The molecule has 1 aromatic carbocycles. The van der Waals surface area contributed by atoms with Gasteiger partial charge in [-0.15, -0.1) is 0 Å². The molecular weight excluding hydrogens is 477 g/mol. The van der Waals surface area contributed by atoms with E-state index < -0.39 is 5.82 Å². The maximum atomic E-state index is 14.5. The molecule has 1 aliphatic rings. The molecule has 36 heavy (non-hydrogen) atoms. The van der Waals surface area contributed by atoms with Crippen LogP contribution in [-0.2, 0) is 0 Å². The second-order valence-corrected chi connectivity index (χ2v) is 9.25. The van der Waals surface area contributed by atoms with Crippen molar-refractivity contribution in [3.8, 4) is 22.5 Å². The van der Waals surface area contributed by atoms with Gasteiger partial charge in [0.2, 0.25) is 0 Å². The van der Waals surface area contributed by atoms with Crippen LogP contribution >= 0.6 is 11.6 Å².